The van der Waals surface area contributed by atoms with Gasteiger partial charge in [-0.2, -0.15) is 11.3 Å². The first-order valence-electron chi connectivity index (χ1n) is 4.40. The molecule has 2 heterocycles. The smallest absolute Gasteiger partial charge is 0.267 e. The maximum absolute atomic E-state index is 11.7. The maximum Gasteiger partial charge on any atom is 0.270 e. The lowest BCUT2D eigenvalue weighted by Crippen LogP contribution is -2.21. The van der Waals surface area contributed by atoms with E-state index in [1.54, 1.807) is 29.8 Å². The lowest BCUT2D eigenvalue weighted by molar-refractivity contribution is 0.101. The van der Waals surface area contributed by atoms with Gasteiger partial charge in [0.25, 0.3) is 5.91 Å². The molecule has 1 N–H and O–H groups in total. The van der Waals surface area contributed by atoms with E-state index in [9.17, 15) is 9.59 Å². The fraction of sp³-hybridized carbons (Fsp3) is 0. The quantitative estimate of drug-likeness (QED) is 0.650. The average Bonchev–Trinajstić information content (AvgIpc) is 2.90. The molecule has 2 rings (SSSR count). The zero-order valence-corrected chi connectivity index (χ0v) is 8.90. The van der Waals surface area contributed by atoms with E-state index in [0.29, 0.717) is 11.4 Å². The maximum atomic E-state index is 11.7. The van der Waals surface area contributed by atoms with Gasteiger partial charge in [-0.25, -0.2) is 9.47 Å². The van der Waals surface area contributed by atoms with Crippen LogP contribution in [0.1, 0.15) is 10.4 Å². The topological polar surface area (TPSA) is 63.5 Å². The lowest BCUT2D eigenvalue weighted by atomic mass is 10.3. The predicted octanol–water partition coefficient (Wildman–Crippen LogP) is 1.90. The van der Waals surface area contributed by atoms with Crippen molar-refractivity contribution in [2.75, 3.05) is 5.43 Å². The van der Waals surface area contributed by atoms with Crippen molar-refractivity contribution >= 4 is 29.1 Å². The molecule has 6 heteroatoms. The normalized spacial score (nSPS) is 9.50. The summed E-state index contributed by atoms with van der Waals surface area (Å²) in [6.07, 6.45) is 3.02. The van der Waals surface area contributed by atoms with E-state index in [1.807, 2.05) is 5.38 Å². The van der Waals surface area contributed by atoms with Crippen LogP contribution in [-0.4, -0.2) is 16.7 Å². The summed E-state index contributed by atoms with van der Waals surface area (Å²) in [6, 6.07) is 4.98. The summed E-state index contributed by atoms with van der Waals surface area (Å²) in [5, 5.41) is 3.55. The second kappa shape index (κ2) is 4.57. The molecule has 16 heavy (non-hydrogen) atoms. The van der Waals surface area contributed by atoms with Crippen molar-refractivity contribution in [3.05, 3.63) is 40.7 Å². The third-order valence-corrected chi connectivity index (χ3v) is 2.58. The van der Waals surface area contributed by atoms with Crippen molar-refractivity contribution in [1.82, 2.24) is 4.68 Å². The van der Waals surface area contributed by atoms with Gasteiger partial charge in [0, 0.05) is 11.6 Å². The van der Waals surface area contributed by atoms with E-state index < -0.39 is 0 Å². The van der Waals surface area contributed by atoms with Crippen LogP contribution in [-0.2, 0) is 4.79 Å². The number of hydrogen-bond donors (Lipinski definition) is 1. The number of carbonyl (C=O) groups is 1. The molecular weight excluding hydrogens is 226 g/mol. The Hall–Kier alpha value is -2.17. The molecule has 0 aliphatic carbocycles. The number of hydrogen-bond acceptors (Lipinski definition) is 4. The largest absolute Gasteiger partial charge is 0.270 e. The summed E-state index contributed by atoms with van der Waals surface area (Å²) in [7, 11) is 0. The molecule has 0 bridgehead atoms. The van der Waals surface area contributed by atoms with Crippen molar-refractivity contribution in [3.63, 3.8) is 0 Å². The summed E-state index contributed by atoms with van der Waals surface area (Å²) in [4.78, 5) is 25.2. The van der Waals surface area contributed by atoms with Crippen LogP contribution in [0.2, 0.25) is 0 Å². The molecule has 80 valence electrons. The summed E-state index contributed by atoms with van der Waals surface area (Å²) >= 11 is 1.44. The molecule has 5 nitrogen and oxygen atoms in total. The zero-order valence-electron chi connectivity index (χ0n) is 8.08. The second-order valence-corrected chi connectivity index (χ2v) is 3.67. The first-order valence-corrected chi connectivity index (χ1v) is 5.34. The number of rotatable bonds is 3. The minimum absolute atomic E-state index is 0.250. The Bertz CT molecular complexity index is 538. The Labute approximate surface area is 95.0 Å². The molecule has 0 aliphatic rings. The molecular formula is C10H7N3O2S. The molecule has 2 aromatic heterocycles. The van der Waals surface area contributed by atoms with Gasteiger partial charge in [0.1, 0.15) is 0 Å². The van der Waals surface area contributed by atoms with Crippen LogP contribution >= 0.6 is 11.3 Å². The van der Waals surface area contributed by atoms with Crippen LogP contribution in [0.15, 0.2) is 40.1 Å². The molecule has 0 saturated heterocycles. The third kappa shape index (κ3) is 2.08. The van der Waals surface area contributed by atoms with Crippen molar-refractivity contribution in [1.29, 1.82) is 0 Å². The van der Waals surface area contributed by atoms with Gasteiger partial charge in [0.15, 0.2) is 5.82 Å². The van der Waals surface area contributed by atoms with Crippen molar-refractivity contribution in [2.45, 2.75) is 0 Å². The van der Waals surface area contributed by atoms with E-state index in [0.717, 1.165) is 0 Å². The van der Waals surface area contributed by atoms with E-state index in [1.165, 1.54) is 22.1 Å². The minimum atomic E-state index is -0.250. The minimum Gasteiger partial charge on any atom is -0.267 e. The summed E-state index contributed by atoms with van der Waals surface area (Å²) < 4.78 is 1.37. The van der Waals surface area contributed by atoms with Gasteiger partial charge in [-0.05, 0) is 23.6 Å². The molecule has 0 aliphatic heterocycles. The van der Waals surface area contributed by atoms with Gasteiger partial charge < -0.3 is 0 Å². The second-order valence-electron chi connectivity index (χ2n) is 2.89. The third-order valence-electron chi connectivity index (χ3n) is 1.89. The zero-order chi connectivity index (χ0) is 11.4. The van der Waals surface area contributed by atoms with Crippen LogP contribution in [0.25, 0.3) is 0 Å². The van der Waals surface area contributed by atoms with Gasteiger partial charge in [-0.15, -0.1) is 4.99 Å². The molecule has 0 aromatic carbocycles. The Morgan fingerprint density at radius 1 is 1.50 bits per heavy atom. The van der Waals surface area contributed by atoms with Crippen molar-refractivity contribution < 1.29 is 9.59 Å². The monoisotopic (exact) mass is 233 g/mol. The summed E-state index contributed by atoms with van der Waals surface area (Å²) in [5.74, 6) is 0.0818. The SMILES string of the molecule is O=C=Nc1cccn1NC(=O)c1ccsc1. The Morgan fingerprint density at radius 3 is 3.06 bits per heavy atom. The Balaban J connectivity index is 2.18. The van der Waals surface area contributed by atoms with Crippen LogP contribution in [0, 0.1) is 0 Å². The highest BCUT2D eigenvalue weighted by atomic mass is 32.1. The predicted molar refractivity (Wildman–Crippen MR) is 60.2 cm³/mol. The number of isocyanates is 1. The fourth-order valence-corrected chi connectivity index (χ4v) is 1.81. The molecule has 0 saturated carbocycles. The van der Waals surface area contributed by atoms with Crippen LogP contribution in [0.5, 0.6) is 0 Å². The molecule has 0 radical (unpaired) electrons. The molecule has 2 aromatic rings. The van der Waals surface area contributed by atoms with Gasteiger partial charge >= 0.3 is 0 Å². The highest BCUT2D eigenvalue weighted by molar-refractivity contribution is 7.08. The average molecular weight is 233 g/mol. The molecule has 0 fully saturated rings. The number of nitrogens with one attached hydrogen (secondary N) is 1. The number of thiophene rings is 1. The Kier molecular flexibility index (Phi) is 2.95. The summed E-state index contributed by atoms with van der Waals surface area (Å²) in [5.41, 5.74) is 3.16. The van der Waals surface area contributed by atoms with Crippen LogP contribution < -0.4 is 5.43 Å². The highest BCUT2D eigenvalue weighted by Gasteiger charge is 2.07. The summed E-state index contributed by atoms with van der Waals surface area (Å²) in [6.45, 7) is 0. The van der Waals surface area contributed by atoms with E-state index in [4.69, 9.17) is 0 Å². The fourth-order valence-electron chi connectivity index (χ4n) is 1.17. The number of carbonyl (C=O) groups excluding carboxylic acids is 2. The van der Waals surface area contributed by atoms with E-state index in [-0.39, 0.29) is 5.91 Å². The standard InChI is InChI=1S/C10H7N3O2S/c14-7-11-9-2-1-4-13(9)12-10(15)8-3-5-16-6-8/h1-6H,(H,12,15). The van der Waals surface area contributed by atoms with Crippen molar-refractivity contribution in [2.24, 2.45) is 4.99 Å². The number of amides is 1. The number of aliphatic imine (C=N–C) groups is 1. The van der Waals surface area contributed by atoms with Gasteiger partial charge in [0.05, 0.1) is 5.56 Å². The van der Waals surface area contributed by atoms with E-state index >= 15 is 0 Å². The molecule has 1 amide bonds. The first-order chi connectivity index (χ1) is 7.81. The lowest BCUT2D eigenvalue weighted by Gasteiger charge is -2.05. The number of nitrogens with zero attached hydrogens (tertiary/aromatic N) is 2. The molecule has 0 unspecified atom stereocenters. The highest BCUT2D eigenvalue weighted by Crippen LogP contribution is 2.11. The van der Waals surface area contributed by atoms with Crippen molar-refractivity contribution in [3.8, 4) is 0 Å². The first kappa shape index (κ1) is 10.4. The molecule has 0 spiro atoms. The van der Waals surface area contributed by atoms with Gasteiger partial charge in [-0.3, -0.25) is 10.2 Å². The van der Waals surface area contributed by atoms with Crippen LogP contribution in [0.4, 0.5) is 5.82 Å². The molecule has 0 atom stereocenters. The Morgan fingerprint density at radius 2 is 2.38 bits per heavy atom. The van der Waals surface area contributed by atoms with Gasteiger partial charge in [0.2, 0.25) is 6.08 Å². The van der Waals surface area contributed by atoms with Crippen LogP contribution in [0.3, 0.4) is 0 Å². The van der Waals surface area contributed by atoms with E-state index in [2.05, 4.69) is 10.4 Å². The van der Waals surface area contributed by atoms with Gasteiger partial charge in [-0.1, -0.05) is 0 Å². The number of aromatic nitrogens is 1.